The lowest BCUT2D eigenvalue weighted by molar-refractivity contribution is -0.156. The van der Waals surface area contributed by atoms with E-state index in [9.17, 15) is 14.7 Å². The SMILES string of the molecule is CC(=O)OC1C=C(C)C(O)CC=C(C)CC(OC(=O)C=Cc2ccccc2)C1C(C)C. The summed E-state index contributed by atoms with van der Waals surface area (Å²) in [4.78, 5) is 24.5. The van der Waals surface area contributed by atoms with Gasteiger partial charge in [-0.05, 0) is 49.5 Å². The largest absolute Gasteiger partial charge is 0.458 e. The summed E-state index contributed by atoms with van der Waals surface area (Å²) in [7, 11) is 0. The molecule has 168 valence electrons. The molecule has 1 N–H and O–H groups in total. The van der Waals surface area contributed by atoms with Crippen LogP contribution < -0.4 is 0 Å². The Morgan fingerprint density at radius 3 is 2.42 bits per heavy atom. The summed E-state index contributed by atoms with van der Waals surface area (Å²) in [6, 6.07) is 9.54. The van der Waals surface area contributed by atoms with E-state index in [0.717, 1.165) is 16.7 Å². The molecular formula is C26H34O5. The molecule has 0 fully saturated rings. The minimum Gasteiger partial charge on any atom is -0.458 e. The molecule has 0 saturated carbocycles. The molecular weight excluding hydrogens is 392 g/mol. The van der Waals surface area contributed by atoms with Gasteiger partial charge in [0.25, 0.3) is 0 Å². The highest BCUT2D eigenvalue weighted by Crippen LogP contribution is 2.32. The normalized spacial score (nSPS) is 25.0. The minimum atomic E-state index is -0.645. The predicted molar refractivity (Wildman–Crippen MR) is 122 cm³/mol. The number of rotatable bonds is 5. The lowest BCUT2D eigenvalue weighted by atomic mass is 9.80. The minimum absolute atomic E-state index is 0.0636. The third kappa shape index (κ3) is 7.83. The molecule has 5 heteroatoms. The smallest absolute Gasteiger partial charge is 0.331 e. The van der Waals surface area contributed by atoms with Crippen LogP contribution in [-0.4, -0.2) is 35.4 Å². The van der Waals surface area contributed by atoms with Gasteiger partial charge in [-0.15, -0.1) is 0 Å². The van der Waals surface area contributed by atoms with E-state index in [0.29, 0.717) is 12.8 Å². The highest BCUT2D eigenvalue weighted by atomic mass is 16.6. The topological polar surface area (TPSA) is 72.8 Å². The first-order valence-corrected chi connectivity index (χ1v) is 10.8. The summed E-state index contributed by atoms with van der Waals surface area (Å²) in [5, 5.41) is 10.4. The molecule has 1 aliphatic carbocycles. The van der Waals surface area contributed by atoms with Gasteiger partial charge in [0.1, 0.15) is 12.2 Å². The maximum Gasteiger partial charge on any atom is 0.331 e. The number of hydrogen-bond acceptors (Lipinski definition) is 5. The average molecular weight is 427 g/mol. The van der Waals surface area contributed by atoms with Gasteiger partial charge in [-0.25, -0.2) is 4.79 Å². The number of ether oxygens (including phenoxy) is 2. The van der Waals surface area contributed by atoms with Crippen LogP contribution in [0.4, 0.5) is 0 Å². The van der Waals surface area contributed by atoms with E-state index in [2.05, 4.69) is 0 Å². The fourth-order valence-electron chi connectivity index (χ4n) is 3.88. The summed E-state index contributed by atoms with van der Waals surface area (Å²) >= 11 is 0. The summed E-state index contributed by atoms with van der Waals surface area (Å²) < 4.78 is 11.6. The molecule has 4 unspecified atom stereocenters. The molecule has 0 bridgehead atoms. The van der Waals surface area contributed by atoms with Crippen molar-refractivity contribution in [2.75, 3.05) is 0 Å². The Bertz CT molecular complexity index is 835. The Labute approximate surface area is 185 Å². The molecule has 1 aromatic carbocycles. The maximum absolute atomic E-state index is 12.7. The van der Waals surface area contributed by atoms with Gasteiger partial charge in [-0.1, -0.05) is 55.8 Å². The lowest BCUT2D eigenvalue weighted by Gasteiger charge is -2.35. The molecule has 1 aliphatic rings. The van der Waals surface area contributed by atoms with E-state index < -0.39 is 30.3 Å². The van der Waals surface area contributed by atoms with E-state index in [1.54, 1.807) is 12.2 Å². The van der Waals surface area contributed by atoms with Crippen molar-refractivity contribution in [3.05, 3.63) is 65.3 Å². The first-order chi connectivity index (χ1) is 14.7. The third-order valence-corrected chi connectivity index (χ3v) is 5.52. The summed E-state index contributed by atoms with van der Waals surface area (Å²) in [5.74, 6) is -1.05. The first-order valence-electron chi connectivity index (χ1n) is 10.8. The van der Waals surface area contributed by atoms with E-state index in [4.69, 9.17) is 9.47 Å². The molecule has 4 atom stereocenters. The Hall–Kier alpha value is -2.66. The van der Waals surface area contributed by atoms with Gasteiger partial charge in [-0.3, -0.25) is 4.79 Å². The van der Waals surface area contributed by atoms with Crippen molar-refractivity contribution >= 4 is 18.0 Å². The third-order valence-electron chi connectivity index (χ3n) is 5.52. The summed E-state index contributed by atoms with van der Waals surface area (Å²) in [6.07, 6.45) is 6.16. The monoisotopic (exact) mass is 426 g/mol. The van der Waals surface area contributed by atoms with Gasteiger partial charge in [0, 0.05) is 25.3 Å². The van der Waals surface area contributed by atoms with E-state index in [1.807, 2.05) is 64.1 Å². The van der Waals surface area contributed by atoms with Crippen molar-refractivity contribution in [2.45, 2.75) is 65.8 Å². The predicted octanol–water partition coefficient (Wildman–Crippen LogP) is 4.86. The van der Waals surface area contributed by atoms with Crippen LogP contribution in [0.1, 0.15) is 53.0 Å². The van der Waals surface area contributed by atoms with Crippen LogP contribution in [0.25, 0.3) is 6.08 Å². The Morgan fingerprint density at radius 2 is 1.81 bits per heavy atom. The van der Waals surface area contributed by atoms with Crippen molar-refractivity contribution < 1.29 is 24.2 Å². The Morgan fingerprint density at radius 1 is 1.13 bits per heavy atom. The van der Waals surface area contributed by atoms with Gasteiger partial charge < -0.3 is 14.6 Å². The van der Waals surface area contributed by atoms with Crippen LogP contribution >= 0.6 is 0 Å². The van der Waals surface area contributed by atoms with Crippen LogP contribution in [0.5, 0.6) is 0 Å². The fourth-order valence-corrected chi connectivity index (χ4v) is 3.88. The molecule has 0 heterocycles. The molecule has 31 heavy (non-hydrogen) atoms. The van der Waals surface area contributed by atoms with Gasteiger partial charge in [0.05, 0.1) is 6.10 Å². The van der Waals surface area contributed by atoms with Crippen LogP contribution in [0.15, 0.2) is 59.7 Å². The molecule has 2 rings (SSSR count). The van der Waals surface area contributed by atoms with Gasteiger partial charge in [0.15, 0.2) is 0 Å². The standard InChI is InChI=1S/C26H34O5/c1-17(2)26-23(31-25(29)14-12-21-9-7-6-8-10-21)15-18(3)11-13-22(28)19(4)16-24(26)30-20(5)27/h6-12,14,16-17,22-24,26,28H,13,15H2,1-5H3. The van der Waals surface area contributed by atoms with Crippen molar-refractivity contribution in [2.24, 2.45) is 11.8 Å². The van der Waals surface area contributed by atoms with Gasteiger partial charge in [0.2, 0.25) is 0 Å². The quantitative estimate of drug-likeness (QED) is 0.413. The number of aliphatic hydroxyl groups is 1. The van der Waals surface area contributed by atoms with Crippen molar-refractivity contribution in [3.63, 3.8) is 0 Å². The van der Waals surface area contributed by atoms with E-state index >= 15 is 0 Å². The zero-order chi connectivity index (χ0) is 23.0. The zero-order valence-electron chi connectivity index (χ0n) is 19.1. The second-order valence-corrected chi connectivity index (χ2v) is 8.53. The maximum atomic E-state index is 12.7. The Kier molecular flexibility index (Phi) is 9.25. The van der Waals surface area contributed by atoms with E-state index in [-0.39, 0.29) is 11.8 Å². The molecule has 0 aliphatic heterocycles. The van der Waals surface area contributed by atoms with Crippen LogP contribution in [0.3, 0.4) is 0 Å². The Balaban J connectivity index is 2.35. The number of aliphatic hydroxyl groups excluding tert-OH is 1. The molecule has 0 saturated heterocycles. The zero-order valence-corrected chi connectivity index (χ0v) is 19.1. The molecule has 5 nitrogen and oxygen atoms in total. The van der Waals surface area contributed by atoms with Gasteiger partial charge >= 0.3 is 11.9 Å². The second-order valence-electron chi connectivity index (χ2n) is 8.53. The van der Waals surface area contributed by atoms with Crippen molar-refractivity contribution in [1.82, 2.24) is 0 Å². The van der Waals surface area contributed by atoms with Gasteiger partial charge in [-0.2, -0.15) is 0 Å². The van der Waals surface area contributed by atoms with Crippen LogP contribution in [-0.2, 0) is 19.1 Å². The van der Waals surface area contributed by atoms with Crippen LogP contribution in [0.2, 0.25) is 0 Å². The first kappa shape index (κ1) is 24.6. The molecule has 0 amide bonds. The average Bonchev–Trinajstić information content (AvgIpc) is 2.69. The van der Waals surface area contributed by atoms with Crippen molar-refractivity contribution in [3.8, 4) is 0 Å². The van der Waals surface area contributed by atoms with E-state index in [1.165, 1.54) is 13.0 Å². The highest BCUT2D eigenvalue weighted by molar-refractivity contribution is 5.87. The van der Waals surface area contributed by atoms with Crippen LogP contribution in [0, 0.1) is 11.8 Å². The summed E-state index contributed by atoms with van der Waals surface area (Å²) in [5.41, 5.74) is 2.66. The summed E-state index contributed by atoms with van der Waals surface area (Å²) in [6.45, 7) is 9.20. The number of hydrogen-bond donors (Lipinski definition) is 1. The number of benzene rings is 1. The molecule has 0 spiro atoms. The number of carbonyl (C=O) groups excluding carboxylic acids is 2. The molecule has 1 aromatic rings. The van der Waals surface area contributed by atoms with Crippen molar-refractivity contribution in [1.29, 1.82) is 0 Å². The molecule has 0 aromatic heterocycles. The molecule has 0 radical (unpaired) electrons. The highest BCUT2D eigenvalue weighted by Gasteiger charge is 2.36. The number of esters is 2. The fraction of sp³-hybridized carbons (Fsp3) is 0.462. The number of carbonyl (C=O) groups is 2. The second kappa shape index (κ2) is 11.7. The lowest BCUT2D eigenvalue weighted by Crippen LogP contribution is -2.40.